The molecule has 1 aromatic carbocycles. The third kappa shape index (κ3) is 4.21. The molecule has 1 saturated carbocycles. The molecular formula is C22H31N4O2S+. The largest absolute Gasteiger partial charge is 0.332 e. The topological polar surface area (TPSA) is 59.6 Å². The first kappa shape index (κ1) is 20.4. The van der Waals surface area contributed by atoms with Gasteiger partial charge >= 0.3 is 0 Å². The number of hydrogen-bond acceptors (Lipinski definition) is 4. The third-order valence-corrected chi connectivity index (χ3v) is 7.43. The molecule has 29 heavy (non-hydrogen) atoms. The van der Waals surface area contributed by atoms with Crippen LogP contribution in [-0.2, 0) is 4.79 Å². The average molecular weight is 416 g/mol. The van der Waals surface area contributed by atoms with E-state index in [4.69, 9.17) is 4.98 Å². The minimum Gasteiger partial charge on any atom is -0.332 e. The van der Waals surface area contributed by atoms with Crippen LogP contribution in [0.3, 0.4) is 0 Å². The van der Waals surface area contributed by atoms with Crippen LogP contribution in [-0.4, -0.2) is 58.3 Å². The van der Waals surface area contributed by atoms with Gasteiger partial charge < -0.3 is 9.80 Å². The highest BCUT2D eigenvalue weighted by molar-refractivity contribution is 8.00. The van der Waals surface area contributed by atoms with Crippen LogP contribution in [0, 0.1) is 0 Å². The first-order valence-corrected chi connectivity index (χ1v) is 11.8. The van der Waals surface area contributed by atoms with Crippen LogP contribution in [0.4, 0.5) is 0 Å². The zero-order valence-corrected chi connectivity index (χ0v) is 18.2. The third-order valence-electron chi connectivity index (χ3n) is 6.38. The molecule has 0 unspecified atom stereocenters. The Balaban J connectivity index is 1.60. The van der Waals surface area contributed by atoms with E-state index in [2.05, 4.69) is 6.92 Å². The summed E-state index contributed by atoms with van der Waals surface area (Å²) in [5.41, 5.74) is 0.749. The van der Waals surface area contributed by atoms with Crippen LogP contribution in [0.2, 0.25) is 0 Å². The van der Waals surface area contributed by atoms with Crippen molar-refractivity contribution in [2.45, 2.75) is 56.0 Å². The molecule has 7 heteroatoms. The number of piperazine rings is 1. The van der Waals surface area contributed by atoms with E-state index in [1.807, 2.05) is 40.7 Å². The molecule has 1 saturated heterocycles. The van der Waals surface area contributed by atoms with Gasteiger partial charge in [-0.2, -0.15) is 0 Å². The molecule has 1 atom stereocenters. The Labute approximate surface area is 176 Å². The zero-order chi connectivity index (χ0) is 20.4. The predicted molar refractivity (Wildman–Crippen MR) is 117 cm³/mol. The fraction of sp³-hybridized carbons (Fsp3) is 0.591. The van der Waals surface area contributed by atoms with Gasteiger partial charge in [0.1, 0.15) is 0 Å². The second kappa shape index (κ2) is 8.88. The molecule has 0 bridgehead atoms. The fourth-order valence-electron chi connectivity index (χ4n) is 4.56. The van der Waals surface area contributed by atoms with Gasteiger partial charge in [-0.05, 0) is 38.8 Å². The number of quaternary nitrogens is 1. The number of likely N-dealkylation sites (N-methyl/N-ethyl adjacent to an activating group) is 1. The molecule has 0 spiro atoms. The molecule has 2 aliphatic rings. The first-order valence-electron chi connectivity index (χ1n) is 10.9. The lowest BCUT2D eigenvalue weighted by Gasteiger charge is -2.33. The number of amides is 1. The number of fused-ring (bicyclic) bond motifs is 1. The summed E-state index contributed by atoms with van der Waals surface area (Å²) in [5.74, 6) is 0.158. The second-order valence-corrected chi connectivity index (χ2v) is 9.52. The van der Waals surface area contributed by atoms with E-state index in [0.717, 1.165) is 58.4 Å². The van der Waals surface area contributed by atoms with Crippen LogP contribution in [0.25, 0.3) is 10.9 Å². The van der Waals surface area contributed by atoms with Gasteiger partial charge in [0.2, 0.25) is 5.91 Å². The van der Waals surface area contributed by atoms with Crippen molar-refractivity contribution >= 4 is 28.6 Å². The van der Waals surface area contributed by atoms with E-state index in [-0.39, 0.29) is 22.8 Å². The molecular weight excluding hydrogens is 384 g/mol. The van der Waals surface area contributed by atoms with E-state index in [1.165, 1.54) is 11.8 Å². The molecule has 1 aromatic heterocycles. The van der Waals surface area contributed by atoms with E-state index in [9.17, 15) is 9.59 Å². The summed E-state index contributed by atoms with van der Waals surface area (Å²) in [5, 5.41) is 1.11. The van der Waals surface area contributed by atoms with Crippen molar-refractivity contribution in [3.8, 4) is 0 Å². The maximum atomic E-state index is 13.3. The van der Waals surface area contributed by atoms with E-state index >= 15 is 0 Å². The van der Waals surface area contributed by atoms with E-state index < -0.39 is 0 Å². The van der Waals surface area contributed by atoms with Gasteiger partial charge in [0.25, 0.3) is 5.56 Å². The lowest BCUT2D eigenvalue weighted by atomic mass is 10.2. The number of carbonyl (C=O) groups excluding carboxylic acids is 1. The summed E-state index contributed by atoms with van der Waals surface area (Å²) in [6.07, 6.45) is 4.31. The lowest BCUT2D eigenvalue weighted by Crippen LogP contribution is -3.14. The van der Waals surface area contributed by atoms with Crippen molar-refractivity contribution in [1.29, 1.82) is 0 Å². The smallest absolute Gasteiger partial charge is 0.262 e. The summed E-state index contributed by atoms with van der Waals surface area (Å²) < 4.78 is 1.88. The quantitative estimate of drug-likeness (QED) is 0.597. The molecule has 4 rings (SSSR count). The Morgan fingerprint density at radius 2 is 1.93 bits per heavy atom. The van der Waals surface area contributed by atoms with Crippen molar-refractivity contribution in [3.05, 3.63) is 34.6 Å². The number of rotatable bonds is 5. The lowest BCUT2D eigenvalue weighted by molar-refractivity contribution is -0.902. The normalized spacial score (nSPS) is 19.7. The molecule has 2 heterocycles. The fourth-order valence-corrected chi connectivity index (χ4v) is 5.62. The Kier molecular flexibility index (Phi) is 6.25. The van der Waals surface area contributed by atoms with Crippen molar-refractivity contribution in [2.24, 2.45) is 0 Å². The number of nitrogens with zero attached hydrogens (tertiary/aromatic N) is 3. The summed E-state index contributed by atoms with van der Waals surface area (Å²) in [7, 11) is 0. The van der Waals surface area contributed by atoms with Crippen molar-refractivity contribution in [3.63, 3.8) is 0 Å². The zero-order valence-electron chi connectivity index (χ0n) is 17.4. The number of para-hydroxylation sites is 1. The minimum atomic E-state index is -0.251. The average Bonchev–Trinajstić information content (AvgIpc) is 3.27. The molecule has 1 aliphatic heterocycles. The van der Waals surface area contributed by atoms with Crippen LogP contribution >= 0.6 is 11.8 Å². The van der Waals surface area contributed by atoms with Gasteiger partial charge in [-0.25, -0.2) is 4.98 Å². The molecule has 2 aromatic rings. The maximum absolute atomic E-state index is 13.3. The second-order valence-electron chi connectivity index (χ2n) is 8.21. The Morgan fingerprint density at radius 3 is 2.62 bits per heavy atom. The highest BCUT2D eigenvalue weighted by Crippen LogP contribution is 2.33. The van der Waals surface area contributed by atoms with Crippen LogP contribution in [0.5, 0.6) is 0 Å². The van der Waals surface area contributed by atoms with Crippen LogP contribution in [0.1, 0.15) is 45.6 Å². The highest BCUT2D eigenvalue weighted by atomic mass is 32.2. The summed E-state index contributed by atoms with van der Waals surface area (Å²) >= 11 is 1.45. The number of nitrogens with one attached hydrogen (secondary N) is 1. The number of benzene rings is 1. The summed E-state index contributed by atoms with van der Waals surface area (Å²) in [6, 6.07) is 7.74. The highest BCUT2D eigenvalue weighted by Gasteiger charge is 2.29. The molecule has 1 N–H and O–H groups in total. The maximum Gasteiger partial charge on any atom is 0.262 e. The molecule has 156 valence electrons. The van der Waals surface area contributed by atoms with E-state index in [0.29, 0.717) is 16.1 Å². The first-order chi connectivity index (χ1) is 14.1. The number of carbonyl (C=O) groups is 1. The molecule has 0 radical (unpaired) electrons. The molecule has 1 aliphatic carbocycles. The SMILES string of the molecule is CC[NH+]1CCN(C(=O)[C@@H](C)Sc2nc3ccccc3c(=O)n2C2CCCC2)CC1. The number of aromatic nitrogens is 2. The van der Waals surface area contributed by atoms with Gasteiger partial charge in [-0.3, -0.25) is 14.2 Å². The molecule has 1 amide bonds. The van der Waals surface area contributed by atoms with E-state index in [1.54, 1.807) is 4.90 Å². The monoisotopic (exact) mass is 415 g/mol. The predicted octanol–water partition coefficient (Wildman–Crippen LogP) is 1.74. The van der Waals surface area contributed by atoms with Crippen molar-refractivity contribution < 1.29 is 9.69 Å². The van der Waals surface area contributed by atoms with Crippen molar-refractivity contribution in [2.75, 3.05) is 32.7 Å². The summed E-state index contributed by atoms with van der Waals surface area (Å²) in [4.78, 5) is 34.7. The van der Waals surface area contributed by atoms with Gasteiger partial charge in [0.15, 0.2) is 5.16 Å². The number of thioether (sulfide) groups is 1. The minimum absolute atomic E-state index is 0.0322. The molecule has 2 fully saturated rings. The van der Waals surface area contributed by atoms with Crippen LogP contribution in [0.15, 0.2) is 34.2 Å². The Hall–Kier alpha value is -1.86. The molecule has 6 nitrogen and oxygen atoms in total. The number of hydrogen-bond donors (Lipinski definition) is 1. The van der Waals surface area contributed by atoms with Gasteiger partial charge in [-0.1, -0.05) is 36.7 Å². The standard InChI is InChI=1S/C22H30N4O2S/c1-3-24-12-14-25(15-13-24)20(27)16(2)29-22-23-19-11-7-6-10-18(19)21(28)26(22)17-8-4-5-9-17/h6-7,10-11,16-17H,3-5,8-9,12-15H2,1-2H3/p+1/t16-/m1/s1. The van der Waals surface area contributed by atoms with Gasteiger partial charge in [0.05, 0.1) is 48.9 Å². The Morgan fingerprint density at radius 1 is 1.24 bits per heavy atom. The van der Waals surface area contributed by atoms with Crippen molar-refractivity contribution in [1.82, 2.24) is 14.5 Å². The summed E-state index contributed by atoms with van der Waals surface area (Å²) in [6.45, 7) is 8.91. The van der Waals surface area contributed by atoms with Gasteiger partial charge in [-0.15, -0.1) is 0 Å². The Bertz CT molecular complexity index is 930. The van der Waals surface area contributed by atoms with Crippen LogP contribution < -0.4 is 10.5 Å². The van der Waals surface area contributed by atoms with Gasteiger partial charge in [0, 0.05) is 6.04 Å².